The van der Waals surface area contributed by atoms with E-state index >= 15 is 0 Å². The molecule has 0 aliphatic heterocycles. The van der Waals surface area contributed by atoms with Crippen LogP contribution < -0.4 is 5.32 Å². The van der Waals surface area contributed by atoms with Gasteiger partial charge >= 0.3 is 17.9 Å². The van der Waals surface area contributed by atoms with Crippen molar-refractivity contribution >= 4 is 17.9 Å². The third-order valence-corrected chi connectivity index (χ3v) is 9.11. The minimum absolute atomic E-state index is 0.0275. The van der Waals surface area contributed by atoms with Crippen molar-refractivity contribution in [1.29, 1.82) is 0 Å². The highest BCUT2D eigenvalue weighted by Crippen LogP contribution is 2.49. The van der Waals surface area contributed by atoms with Gasteiger partial charge in [-0.15, -0.1) is 0 Å². The molecule has 4 atom stereocenters. The number of nitrogens with one attached hydrogen (secondary N) is 1. The number of hydrogen-bond acceptors (Lipinski definition) is 4. The van der Waals surface area contributed by atoms with Crippen molar-refractivity contribution in [3.8, 4) is 0 Å². The number of unbranched alkanes of at least 4 members (excludes halogenated alkanes) is 3. The van der Waals surface area contributed by atoms with Crippen LogP contribution in [0.3, 0.4) is 0 Å². The average Bonchev–Trinajstić information content (AvgIpc) is 3.04. The predicted molar refractivity (Wildman–Crippen MR) is 172 cm³/mol. The second-order valence-electron chi connectivity index (χ2n) is 12.1. The molecule has 7 nitrogen and oxygen atoms in total. The number of rotatable bonds is 16. The predicted octanol–water partition coefficient (Wildman–Crippen LogP) is 7.82. The molecule has 4 unspecified atom stereocenters. The zero-order chi connectivity index (χ0) is 31.5. The first-order valence-electron chi connectivity index (χ1n) is 15.9. The Labute approximate surface area is 260 Å². The minimum Gasteiger partial charge on any atom is -0.481 e. The number of carboxylic acids is 3. The average molecular weight is 600 g/mol. The van der Waals surface area contributed by atoms with Crippen molar-refractivity contribution in [2.75, 3.05) is 13.1 Å². The molecule has 0 heterocycles. The second kappa shape index (κ2) is 16.2. The molecule has 0 fully saturated rings. The van der Waals surface area contributed by atoms with Crippen molar-refractivity contribution in [1.82, 2.24) is 5.32 Å². The lowest BCUT2D eigenvalue weighted by Gasteiger charge is -2.38. The van der Waals surface area contributed by atoms with Gasteiger partial charge in [-0.2, -0.15) is 0 Å². The Hall–Kier alpha value is -3.97. The van der Waals surface area contributed by atoms with Crippen LogP contribution in [0.4, 0.5) is 0 Å². The number of benzene rings is 2. The van der Waals surface area contributed by atoms with Crippen LogP contribution in [0.5, 0.6) is 0 Å². The molecule has 0 aromatic heterocycles. The van der Waals surface area contributed by atoms with Gasteiger partial charge in [0, 0.05) is 5.92 Å². The molecular formula is C37H45NO6. The van der Waals surface area contributed by atoms with Gasteiger partial charge in [-0.25, -0.2) is 9.59 Å². The van der Waals surface area contributed by atoms with Crippen LogP contribution in [0.15, 0.2) is 84.0 Å². The third kappa shape index (κ3) is 8.79. The van der Waals surface area contributed by atoms with E-state index in [9.17, 15) is 29.7 Å². The molecule has 7 heteroatoms. The van der Waals surface area contributed by atoms with E-state index in [1.165, 1.54) is 31.3 Å². The maximum absolute atomic E-state index is 11.7. The highest BCUT2D eigenvalue weighted by Gasteiger charge is 2.35. The zero-order valence-electron chi connectivity index (χ0n) is 25.6. The van der Waals surface area contributed by atoms with Gasteiger partial charge < -0.3 is 20.6 Å². The van der Waals surface area contributed by atoms with Gasteiger partial charge in [-0.1, -0.05) is 80.3 Å². The molecule has 234 valence electrons. The lowest BCUT2D eigenvalue weighted by atomic mass is 9.66. The van der Waals surface area contributed by atoms with E-state index in [0.29, 0.717) is 6.42 Å². The molecule has 2 aromatic rings. The van der Waals surface area contributed by atoms with Gasteiger partial charge in [-0.05, 0) is 104 Å². The van der Waals surface area contributed by atoms with Gasteiger partial charge in [0.15, 0.2) is 0 Å². The minimum atomic E-state index is -0.990. The fraction of sp³-hybridized carbons (Fsp3) is 0.432. The van der Waals surface area contributed by atoms with Crippen LogP contribution >= 0.6 is 0 Å². The van der Waals surface area contributed by atoms with Crippen LogP contribution in [0, 0.1) is 11.8 Å². The van der Waals surface area contributed by atoms with E-state index in [1.54, 1.807) is 30.3 Å². The summed E-state index contributed by atoms with van der Waals surface area (Å²) in [5, 5.41) is 32.2. The Balaban J connectivity index is 1.64. The normalized spacial score (nSPS) is 19.5. The number of aromatic carboxylic acids is 2. The van der Waals surface area contributed by atoms with E-state index in [-0.39, 0.29) is 28.9 Å². The smallest absolute Gasteiger partial charge is 0.335 e. The summed E-state index contributed by atoms with van der Waals surface area (Å²) in [7, 11) is 0. The molecule has 0 saturated carbocycles. The van der Waals surface area contributed by atoms with E-state index in [1.807, 2.05) is 36.4 Å². The summed E-state index contributed by atoms with van der Waals surface area (Å²) in [6.07, 6.45) is 17.3. The van der Waals surface area contributed by atoms with Crippen LogP contribution in [0.25, 0.3) is 0 Å². The number of aliphatic carboxylic acids is 1. The van der Waals surface area contributed by atoms with Gasteiger partial charge in [-0.3, -0.25) is 4.79 Å². The van der Waals surface area contributed by atoms with E-state index in [2.05, 4.69) is 18.3 Å². The SMILES string of the molecule is CCCCCCNCCC1=CCC(C(c2ccc(C(=O)O)cc2)C(C2=CCC(C(=O)O)C=C2)c2ccc(C(=O)O)cc2)CC1. The van der Waals surface area contributed by atoms with Crippen molar-refractivity contribution in [2.45, 2.75) is 76.5 Å². The molecule has 2 aliphatic rings. The highest BCUT2D eigenvalue weighted by atomic mass is 16.4. The zero-order valence-corrected chi connectivity index (χ0v) is 25.6. The van der Waals surface area contributed by atoms with Gasteiger partial charge in [0.1, 0.15) is 0 Å². The molecule has 0 bridgehead atoms. The maximum Gasteiger partial charge on any atom is 0.335 e. The first kappa shape index (κ1) is 32.9. The fourth-order valence-electron chi connectivity index (χ4n) is 6.59. The number of carbonyl (C=O) groups is 3. The first-order valence-corrected chi connectivity index (χ1v) is 15.9. The number of carboxylic acid groups (broad SMARTS) is 3. The largest absolute Gasteiger partial charge is 0.481 e. The van der Waals surface area contributed by atoms with Gasteiger partial charge in [0.05, 0.1) is 17.0 Å². The van der Waals surface area contributed by atoms with Crippen molar-refractivity contribution < 1.29 is 29.7 Å². The summed E-state index contributed by atoms with van der Waals surface area (Å²) in [6.45, 7) is 4.25. The number of allylic oxidation sites excluding steroid dienone is 4. The van der Waals surface area contributed by atoms with Crippen LogP contribution in [0.2, 0.25) is 0 Å². The molecule has 2 aliphatic carbocycles. The Morgan fingerprint density at radius 2 is 1.48 bits per heavy atom. The maximum atomic E-state index is 11.7. The monoisotopic (exact) mass is 599 g/mol. The van der Waals surface area contributed by atoms with E-state index in [4.69, 9.17) is 0 Å². The van der Waals surface area contributed by atoms with Crippen LogP contribution in [0.1, 0.15) is 108 Å². The summed E-state index contributed by atoms with van der Waals surface area (Å²) in [4.78, 5) is 34.9. The quantitative estimate of drug-likeness (QED) is 0.115. The molecule has 0 radical (unpaired) electrons. The highest BCUT2D eigenvalue weighted by molar-refractivity contribution is 5.88. The van der Waals surface area contributed by atoms with Gasteiger partial charge in [0.25, 0.3) is 0 Å². The van der Waals surface area contributed by atoms with E-state index in [0.717, 1.165) is 55.5 Å². The van der Waals surface area contributed by atoms with Crippen LogP contribution in [-0.4, -0.2) is 46.3 Å². The Morgan fingerprint density at radius 1 is 0.818 bits per heavy atom. The van der Waals surface area contributed by atoms with Crippen LogP contribution in [-0.2, 0) is 4.79 Å². The third-order valence-electron chi connectivity index (χ3n) is 9.11. The summed E-state index contributed by atoms with van der Waals surface area (Å²) in [5.74, 6) is -3.34. The standard InChI is InChI=1S/C37H45NO6/c1-2-3-4-5-23-38-24-22-25-6-8-26(9-7-25)33(27-10-16-30(17-11-27)35(39)40)34(28-12-18-31(19-13-28)36(41)42)29-14-20-32(21-15-29)37(43)44/h6,10-20,26,32-34,38H,2-5,7-9,21-24H2,1H3,(H,39,40)(H,41,42)(H,43,44). The molecule has 0 saturated heterocycles. The number of hydrogen-bond donors (Lipinski definition) is 4. The molecule has 4 rings (SSSR count). The Kier molecular flexibility index (Phi) is 12.1. The molecule has 0 amide bonds. The van der Waals surface area contributed by atoms with E-state index < -0.39 is 23.8 Å². The van der Waals surface area contributed by atoms with Crippen molar-refractivity contribution in [2.24, 2.45) is 11.8 Å². The summed E-state index contributed by atoms with van der Waals surface area (Å²) in [5.41, 5.74) is 4.87. The lowest BCUT2D eigenvalue weighted by Crippen LogP contribution is -2.25. The molecule has 44 heavy (non-hydrogen) atoms. The Morgan fingerprint density at radius 3 is 2.00 bits per heavy atom. The molecular weight excluding hydrogens is 554 g/mol. The van der Waals surface area contributed by atoms with Crippen molar-refractivity contribution in [3.63, 3.8) is 0 Å². The molecule has 0 spiro atoms. The molecule has 4 N–H and O–H groups in total. The first-order chi connectivity index (χ1) is 21.3. The fourth-order valence-corrected chi connectivity index (χ4v) is 6.59. The van der Waals surface area contributed by atoms with Crippen molar-refractivity contribution in [3.05, 3.63) is 106 Å². The molecule has 2 aromatic carbocycles. The van der Waals surface area contributed by atoms with Gasteiger partial charge in [0.2, 0.25) is 0 Å². The lowest BCUT2D eigenvalue weighted by molar-refractivity contribution is -0.140. The second-order valence-corrected chi connectivity index (χ2v) is 12.1. The summed E-state index contributed by atoms with van der Waals surface area (Å²) < 4.78 is 0. The topological polar surface area (TPSA) is 124 Å². The Bertz CT molecular complexity index is 1370. The summed E-state index contributed by atoms with van der Waals surface area (Å²) in [6, 6.07) is 14.1. The summed E-state index contributed by atoms with van der Waals surface area (Å²) >= 11 is 0.